The first kappa shape index (κ1) is 33.5. The van der Waals surface area contributed by atoms with Gasteiger partial charge in [-0.05, 0) is 55.8 Å². The van der Waals surface area contributed by atoms with E-state index in [1.807, 2.05) is 0 Å². The summed E-state index contributed by atoms with van der Waals surface area (Å²) in [6.07, 6.45) is 6.64. The molecule has 0 aromatic heterocycles. The van der Waals surface area contributed by atoms with Gasteiger partial charge < -0.3 is 18.9 Å². The zero-order chi connectivity index (χ0) is 29.8. The summed E-state index contributed by atoms with van der Waals surface area (Å²) in [5, 5.41) is 0.216. The molecule has 12 heteroatoms. The van der Waals surface area contributed by atoms with Crippen LogP contribution in [0.4, 0.5) is 26.3 Å². The number of hydrogen-bond acceptors (Lipinski definition) is 5. The van der Waals surface area contributed by atoms with Crippen molar-refractivity contribution in [3.05, 3.63) is 53.1 Å². The maximum atomic E-state index is 14.0. The molecule has 2 aromatic carbocycles. The van der Waals surface area contributed by atoms with Crippen molar-refractivity contribution in [3.8, 4) is 17.2 Å². The molecule has 0 bridgehead atoms. The lowest BCUT2D eigenvalue weighted by Crippen LogP contribution is -2.58. The van der Waals surface area contributed by atoms with E-state index < -0.39 is 37.0 Å². The van der Waals surface area contributed by atoms with Crippen molar-refractivity contribution in [3.63, 3.8) is 0 Å². The maximum absolute atomic E-state index is 14.0. The van der Waals surface area contributed by atoms with E-state index in [4.69, 9.17) is 21.1 Å². The zero-order valence-electron chi connectivity index (χ0n) is 22.3. The first-order valence-electron chi connectivity index (χ1n) is 12.9. The van der Waals surface area contributed by atoms with Crippen LogP contribution >= 0.6 is 11.6 Å². The summed E-state index contributed by atoms with van der Waals surface area (Å²) in [7, 11) is 0. The number of alkyl halides is 6. The SMILES string of the molecule is CCCCCCCCOc1ccc(C(=O)Oc2ccc(OCC(F)(F)C(F)(F)C(F)(F)COCC)cc2)cc1Cl. The van der Waals surface area contributed by atoms with Crippen LogP contribution in [0.15, 0.2) is 42.5 Å². The van der Waals surface area contributed by atoms with Crippen LogP contribution < -0.4 is 14.2 Å². The van der Waals surface area contributed by atoms with Crippen LogP contribution in [0.2, 0.25) is 5.02 Å². The van der Waals surface area contributed by atoms with Gasteiger partial charge in [-0.2, -0.15) is 26.3 Å². The standard InChI is InChI=1S/C28H33ClF6O5/c1-3-5-6-7-8-9-16-38-24-15-10-20(17-23(24)29)25(36)40-22-13-11-21(12-14-22)39-19-27(32,33)28(34,35)26(30,31)18-37-4-2/h10-15,17H,3-9,16,18-19H2,1-2H3. The first-order chi connectivity index (χ1) is 18.8. The number of carbonyl (C=O) groups is 1. The Bertz CT molecular complexity index is 1070. The number of halogens is 7. The summed E-state index contributed by atoms with van der Waals surface area (Å²) < 4.78 is 102. The molecule has 0 aliphatic rings. The molecule has 0 fully saturated rings. The fourth-order valence-electron chi connectivity index (χ4n) is 3.43. The predicted molar refractivity (Wildman–Crippen MR) is 139 cm³/mol. The van der Waals surface area contributed by atoms with Crippen LogP contribution in [0, 0.1) is 0 Å². The number of benzene rings is 2. The van der Waals surface area contributed by atoms with E-state index in [1.54, 1.807) is 6.07 Å². The van der Waals surface area contributed by atoms with Gasteiger partial charge in [0.05, 0.1) is 17.2 Å². The van der Waals surface area contributed by atoms with E-state index in [1.165, 1.54) is 38.3 Å². The fourth-order valence-corrected chi connectivity index (χ4v) is 3.67. The molecule has 0 saturated carbocycles. The third-order valence-corrected chi connectivity index (χ3v) is 6.08. The topological polar surface area (TPSA) is 54.0 Å². The third-order valence-electron chi connectivity index (χ3n) is 5.78. The molecule has 0 spiro atoms. The van der Waals surface area contributed by atoms with Crippen molar-refractivity contribution >= 4 is 17.6 Å². The van der Waals surface area contributed by atoms with Crippen LogP contribution in [-0.2, 0) is 4.74 Å². The second kappa shape index (κ2) is 15.4. The summed E-state index contributed by atoms with van der Waals surface area (Å²) in [6, 6.07) is 8.82. The van der Waals surface area contributed by atoms with Gasteiger partial charge in [-0.25, -0.2) is 4.79 Å². The van der Waals surface area contributed by atoms with Crippen molar-refractivity contribution in [2.45, 2.75) is 70.1 Å². The lowest BCUT2D eigenvalue weighted by atomic mass is 10.1. The van der Waals surface area contributed by atoms with Crippen LogP contribution in [0.1, 0.15) is 62.7 Å². The average molecular weight is 599 g/mol. The Morgan fingerprint density at radius 2 is 1.38 bits per heavy atom. The maximum Gasteiger partial charge on any atom is 0.377 e. The van der Waals surface area contributed by atoms with Gasteiger partial charge in [0.1, 0.15) is 23.9 Å². The Hall–Kier alpha value is -2.66. The summed E-state index contributed by atoms with van der Waals surface area (Å²) in [4.78, 5) is 12.5. The van der Waals surface area contributed by atoms with Crippen LogP contribution in [-0.4, -0.2) is 50.2 Å². The van der Waals surface area contributed by atoms with E-state index in [0.29, 0.717) is 12.4 Å². The van der Waals surface area contributed by atoms with E-state index in [9.17, 15) is 31.1 Å². The van der Waals surface area contributed by atoms with Gasteiger partial charge in [-0.15, -0.1) is 0 Å². The zero-order valence-corrected chi connectivity index (χ0v) is 23.1. The third kappa shape index (κ3) is 9.47. The van der Waals surface area contributed by atoms with E-state index in [0.717, 1.165) is 43.5 Å². The average Bonchev–Trinajstić information content (AvgIpc) is 2.91. The molecule has 224 valence electrons. The Morgan fingerprint density at radius 1 is 0.775 bits per heavy atom. The molecule has 0 saturated heterocycles. The number of esters is 1. The predicted octanol–water partition coefficient (Wildman–Crippen LogP) is 8.62. The van der Waals surface area contributed by atoms with Gasteiger partial charge in [-0.1, -0.05) is 50.6 Å². The van der Waals surface area contributed by atoms with Crippen molar-refractivity contribution < 1.29 is 50.1 Å². The van der Waals surface area contributed by atoms with Crippen LogP contribution in [0.3, 0.4) is 0 Å². The largest absolute Gasteiger partial charge is 0.492 e. The van der Waals surface area contributed by atoms with Gasteiger partial charge in [0.25, 0.3) is 0 Å². The van der Waals surface area contributed by atoms with Gasteiger partial charge >= 0.3 is 23.7 Å². The molecule has 40 heavy (non-hydrogen) atoms. The number of rotatable bonds is 18. The lowest BCUT2D eigenvalue weighted by Gasteiger charge is -2.32. The van der Waals surface area contributed by atoms with Crippen molar-refractivity contribution in [1.29, 1.82) is 0 Å². The smallest absolute Gasteiger partial charge is 0.377 e. The van der Waals surface area contributed by atoms with Crippen molar-refractivity contribution in [2.24, 2.45) is 0 Å². The second-order valence-electron chi connectivity index (χ2n) is 9.03. The highest BCUT2D eigenvalue weighted by Crippen LogP contribution is 2.46. The van der Waals surface area contributed by atoms with E-state index in [2.05, 4.69) is 16.4 Å². The molecule has 0 radical (unpaired) electrons. The molecule has 0 amide bonds. The number of carbonyl (C=O) groups excluding carboxylic acids is 1. The van der Waals surface area contributed by atoms with Gasteiger partial charge in [-0.3, -0.25) is 0 Å². The molecule has 5 nitrogen and oxygen atoms in total. The Labute approximate surface area is 234 Å². The molecule has 2 rings (SSSR count). The highest BCUT2D eigenvalue weighted by molar-refractivity contribution is 6.32. The van der Waals surface area contributed by atoms with E-state index in [-0.39, 0.29) is 28.7 Å². The fraction of sp³-hybridized carbons (Fsp3) is 0.536. The van der Waals surface area contributed by atoms with Crippen LogP contribution in [0.5, 0.6) is 17.2 Å². The quantitative estimate of drug-likeness (QED) is 0.0744. The Morgan fingerprint density at radius 3 is 2.00 bits per heavy atom. The number of ether oxygens (including phenoxy) is 4. The summed E-state index contributed by atoms with van der Waals surface area (Å²) in [5.74, 6) is -16.7. The minimum absolute atomic E-state index is 0.0165. The summed E-state index contributed by atoms with van der Waals surface area (Å²) in [6.45, 7) is -0.340. The summed E-state index contributed by atoms with van der Waals surface area (Å²) in [5.41, 5.74) is 0.118. The molecule has 0 aliphatic heterocycles. The molecular weight excluding hydrogens is 566 g/mol. The molecule has 0 heterocycles. The monoisotopic (exact) mass is 598 g/mol. The molecule has 0 aliphatic carbocycles. The Balaban J connectivity index is 1.89. The molecule has 2 aromatic rings. The first-order valence-corrected chi connectivity index (χ1v) is 13.3. The molecule has 0 atom stereocenters. The van der Waals surface area contributed by atoms with Crippen LogP contribution in [0.25, 0.3) is 0 Å². The Kier molecular flexibility index (Phi) is 12.9. The van der Waals surface area contributed by atoms with E-state index >= 15 is 0 Å². The second-order valence-corrected chi connectivity index (χ2v) is 9.44. The summed E-state index contributed by atoms with van der Waals surface area (Å²) >= 11 is 6.22. The number of hydrogen-bond donors (Lipinski definition) is 0. The molecule has 0 unspecified atom stereocenters. The number of unbranched alkanes of at least 4 members (excludes halogenated alkanes) is 5. The highest BCUT2D eigenvalue weighted by Gasteiger charge is 2.71. The molecular formula is C28H33ClF6O5. The van der Waals surface area contributed by atoms with Gasteiger partial charge in [0.15, 0.2) is 6.61 Å². The van der Waals surface area contributed by atoms with Gasteiger partial charge in [0, 0.05) is 6.61 Å². The van der Waals surface area contributed by atoms with Crippen molar-refractivity contribution in [1.82, 2.24) is 0 Å². The molecule has 0 N–H and O–H groups in total. The highest BCUT2D eigenvalue weighted by atomic mass is 35.5. The van der Waals surface area contributed by atoms with Gasteiger partial charge in [0.2, 0.25) is 0 Å². The normalized spacial score (nSPS) is 12.3. The minimum atomic E-state index is -5.72. The lowest BCUT2D eigenvalue weighted by molar-refractivity contribution is -0.324. The minimum Gasteiger partial charge on any atom is -0.492 e. The van der Waals surface area contributed by atoms with Crippen molar-refractivity contribution in [2.75, 3.05) is 26.4 Å².